The van der Waals surface area contributed by atoms with Crippen molar-refractivity contribution in [3.05, 3.63) is 105 Å². The molecule has 210 valence electrons. The zero-order valence-corrected chi connectivity index (χ0v) is 23.0. The van der Waals surface area contributed by atoms with Crippen LogP contribution in [0, 0.1) is 0 Å². The maximum atomic E-state index is 13.5. The van der Waals surface area contributed by atoms with Crippen molar-refractivity contribution in [2.45, 2.75) is 32.4 Å². The average molecular weight is 599 g/mol. The summed E-state index contributed by atoms with van der Waals surface area (Å²) < 4.78 is 44.7. The first-order valence-electron chi connectivity index (χ1n) is 12.8. The topological polar surface area (TPSA) is 59.4 Å². The second kappa shape index (κ2) is 10.9. The Morgan fingerprint density at radius 2 is 1.78 bits per heavy atom. The van der Waals surface area contributed by atoms with Crippen LogP contribution in [0.5, 0.6) is 5.75 Å². The van der Waals surface area contributed by atoms with Gasteiger partial charge in [0, 0.05) is 61.0 Å². The van der Waals surface area contributed by atoms with Crippen molar-refractivity contribution in [3.63, 3.8) is 0 Å². The van der Waals surface area contributed by atoms with Gasteiger partial charge in [0.15, 0.2) is 0 Å². The molecule has 1 aliphatic rings. The zero-order chi connectivity index (χ0) is 28.7. The predicted octanol–water partition coefficient (Wildman–Crippen LogP) is 7.71. The van der Waals surface area contributed by atoms with Gasteiger partial charge in [0.2, 0.25) is 0 Å². The van der Waals surface area contributed by atoms with E-state index in [9.17, 15) is 18.0 Å². The smallest absolute Gasteiger partial charge is 0.406 e. The van der Waals surface area contributed by atoms with Gasteiger partial charge in [0.05, 0.1) is 5.52 Å². The summed E-state index contributed by atoms with van der Waals surface area (Å²) in [7, 11) is 0. The number of aromatic nitrogens is 2. The highest BCUT2D eigenvalue weighted by atomic mass is 35.5. The summed E-state index contributed by atoms with van der Waals surface area (Å²) >= 11 is 12.1. The van der Waals surface area contributed by atoms with Gasteiger partial charge in [-0.1, -0.05) is 41.4 Å². The molecule has 0 bridgehead atoms. The number of rotatable bonds is 5. The molecule has 0 aliphatic carbocycles. The molecule has 6 nitrogen and oxygen atoms in total. The minimum absolute atomic E-state index is 0.174. The van der Waals surface area contributed by atoms with E-state index in [0.717, 1.165) is 33.2 Å². The van der Waals surface area contributed by atoms with Crippen LogP contribution < -0.4 is 10.1 Å². The molecule has 6 rings (SSSR count). The van der Waals surface area contributed by atoms with Gasteiger partial charge in [-0.15, -0.1) is 13.2 Å². The van der Waals surface area contributed by atoms with Gasteiger partial charge in [-0.2, -0.15) is 0 Å². The Hall–Kier alpha value is -3.79. The molecule has 0 radical (unpaired) electrons. The first kappa shape index (κ1) is 27.4. The molecule has 0 spiro atoms. The molecule has 0 saturated carbocycles. The number of carbonyl (C=O) groups excluding carboxylic acids is 1. The maximum absolute atomic E-state index is 13.5. The minimum Gasteiger partial charge on any atom is -0.406 e. The minimum atomic E-state index is -4.85. The first-order chi connectivity index (χ1) is 19.6. The van der Waals surface area contributed by atoms with Crippen molar-refractivity contribution in [2.24, 2.45) is 0 Å². The third kappa shape index (κ3) is 5.98. The number of ether oxygens (including phenoxy) is 1. The normalized spacial score (nSPS) is 13.9. The summed E-state index contributed by atoms with van der Waals surface area (Å²) in [5.74, 6) is -0.386. The Morgan fingerprint density at radius 3 is 2.59 bits per heavy atom. The Balaban J connectivity index is 1.31. The fourth-order valence-electron chi connectivity index (χ4n) is 5.39. The number of hydrogen-bond donors (Lipinski definition) is 1. The summed E-state index contributed by atoms with van der Waals surface area (Å²) in [6.07, 6.45) is -2.77. The van der Waals surface area contributed by atoms with E-state index >= 15 is 0 Å². The summed E-state index contributed by atoms with van der Waals surface area (Å²) in [6.45, 7) is 2.05. The van der Waals surface area contributed by atoms with Crippen LogP contribution in [0.1, 0.15) is 22.4 Å². The average Bonchev–Trinajstić information content (AvgIpc) is 3.24. The Morgan fingerprint density at radius 1 is 0.976 bits per heavy atom. The van der Waals surface area contributed by atoms with Gasteiger partial charge in [-0.05, 0) is 69.9 Å². The fraction of sp³-hybridized carbons (Fsp3) is 0.200. The standard InChI is InChI=1S/C30H23Cl2F3N4O2/c31-22-4-3-20-11-19(1-2-21(20)13-22)16-38-10-8-26-25(17-38)24-6-5-23(41-30(33,34)35)14-27(24)39(26)29(40)37-15-18-7-9-36-28(32)12-18/h1-7,9,11-14H,8,10,15-17H2,(H,37,40). The fourth-order valence-corrected chi connectivity index (χ4v) is 5.77. The number of amides is 1. The molecule has 2 aromatic heterocycles. The monoisotopic (exact) mass is 598 g/mol. The van der Waals surface area contributed by atoms with Crippen molar-refractivity contribution in [1.82, 2.24) is 19.8 Å². The van der Waals surface area contributed by atoms with Gasteiger partial charge in [0.1, 0.15) is 10.9 Å². The second-order valence-corrected chi connectivity index (χ2v) is 10.7. The van der Waals surface area contributed by atoms with Crippen LogP contribution >= 0.6 is 23.2 Å². The molecule has 1 aliphatic heterocycles. The lowest BCUT2D eigenvalue weighted by molar-refractivity contribution is -0.274. The van der Waals surface area contributed by atoms with E-state index in [1.807, 2.05) is 24.3 Å². The van der Waals surface area contributed by atoms with E-state index in [1.54, 1.807) is 18.2 Å². The van der Waals surface area contributed by atoms with Crippen LogP contribution in [-0.2, 0) is 26.1 Å². The largest absolute Gasteiger partial charge is 0.573 e. The van der Waals surface area contributed by atoms with E-state index in [2.05, 4.69) is 32.1 Å². The molecular weight excluding hydrogens is 576 g/mol. The van der Waals surface area contributed by atoms with Crippen LogP contribution in [0.3, 0.4) is 0 Å². The predicted molar refractivity (Wildman–Crippen MR) is 152 cm³/mol. The molecule has 0 unspecified atom stereocenters. The van der Waals surface area contributed by atoms with Gasteiger partial charge < -0.3 is 10.1 Å². The highest BCUT2D eigenvalue weighted by Crippen LogP contribution is 2.35. The number of pyridine rings is 1. The van der Waals surface area contributed by atoms with E-state index in [-0.39, 0.29) is 12.3 Å². The van der Waals surface area contributed by atoms with E-state index in [1.165, 1.54) is 22.9 Å². The molecule has 3 heterocycles. The third-order valence-corrected chi connectivity index (χ3v) is 7.59. The number of nitrogens with zero attached hydrogens (tertiary/aromatic N) is 3. The third-order valence-electron chi connectivity index (χ3n) is 7.14. The maximum Gasteiger partial charge on any atom is 0.573 e. The number of nitrogens with one attached hydrogen (secondary N) is 1. The lowest BCUT2D eigenvalue weighted by atomic mass is 10.0. The molecule has 3 aromatic carbocycles. The molecule has 11 heteroatoms. The number of benzene rings is 3. The Bertz CT molecular complexity index is 1790. The van der Waals surface area contributed by atoms with Crippen molar-refractivity contribution < 1.29 is 22.7 Å². The van der Waals surface area contributed by atoms with E-state index in [0.29, 0.717) is 47.1 Å². The van der Waals surface area contributed by atoms with Crippen molar-refractivity contribution >= 4 is 50.9 Å². The van der Waals surface area contributed by atoms with Crippen molar-refractivity contribution in [1.29, 1.82) is 0 Å². The number of hydrogen-bond acceptors (Lipinski definition) is 4. The number of alkyl halides is 3. The molecule has 0 atom stereocenters. The SMILES string of the molecule is O=C(NCc1ccnc(Cl)c1)n1c2c(c3ccc(OC(F)(F)F)cc31)CN(Cc1ccc3cc(Cl)ccc3c1)CC2. The summed E-state index contributed by atoms with van der Waals surface area (Å²) in [5, 5.41) is 6.69. The van der Waals surface area contributed by atoms with Crippen LogP contribution in [0.15, 0.2) is 72.9 Å². The molecule has 0 fully saturated rings. The zero-order valence-electron chi connectivity index (χ0n) is 21.5. The molecule has 1 amide bonds. The van der Waals surface area contributed by atoms with Crippen LogP contribution in [0.2, 0.25) is 10.2 Å². The van der Waals surface area contributed by atoms with Crippen LogP contribution in [0.25, 0.3) is 21.7 Å². The molecule has 0 saturated heterocycles. The lowest BCUT2D eigenvalue weighted by Gasteiger charge is -2.28. The van der Waals surface area contributed by atoms with Crippen molar-refractivity contribution in [3.8, 4) is 5.75 Å². The summed E-state index contributed by atoms with van der Waals surface area (Å²) in [5.41, 5.74) is 3.89. The van der Waals surface area contributed by atoms with Crippen LogP contribution in [0.4, 0.5) is 18.0 Å². The Labute approximate surface area is 243 Å². The molecular formula is C30H23Cl2F3N4O2. The molecule has 41 heavy (non-hydrogen) atoms. The van der Waals surface area contributed by atoms with Gasteiger partial charge >= 0.3 is 12.4 Å². The number of halogens is 5. The second-order valence-electron chi connectivity index (χ2n) is 9.92. The van der Waals surface area contributed by atoms with Gasteiger partial charge in [0.25, 0.3) is 0 Å². The highest BCUT2D eigenvalue weighted by Gasteiger charge is 2.32. The quantitative estimate of drug-likeness (QED) is 0.210. The van der Waals surface area contributed by atoms with Crippen LogP contribution in [-0.4, -0.2) is 33.4 Å². The lowest BCUT2D eigenvalue weighted by Crippen LogP contribution is -2.34. The van der Waals surface area contributed by atoms with Crippen molar-refractivity contribution in [2.75, 3.05) is 6.54 Å². The number of carbonyl (C=O) groups is 1. The summed E-state index contributed by atoms with van der Waals surface area (Å²) in [6, 6.07) is 19.1. The van der Waals surface area contributed by atoms with Gasteiger partial charge in [-0.3, -0.25) is 9.47 Å². The van der Waals surface area contributed by atoms with E-state index in [4.69, 9.17) is 23.2 Å². The molecule has 5 aromatic rings. The summed E-state index contributed by atoms with van der Waals surface area (Å²) in [4.78, 5) is 19.7. The highest BCUT2D eigenvalue weighted by molar-refractivity contribution is 6.31. The molecule has 1 N–H and O–H groups in total. The Kier molecular flexibility index (Phi) is 7.27. The van der Waals surface area contributed by atoms with Gasteiger partial charge in [-0.25, -0.2) is 9.78 Å². The van der Waals surface area contributed by atoms with E-state index < -0.39 is 12.4 Å². The number of fused-ring (bicyclic) bond motifs is 4. The first-order valence-corrected chi connectivity index (χ1v) is 13.6.